The fourth-order valence-electron chi connectivity index (χ4n) is 4.76. The van der Waals surface area contributed by atoms with Gasteiger partial charge in [-0.15, -0.1) is 11.3 Å². The van der Waals surface area contributed by atoms with Crippen molar-refractivity contribution in [3.8, 4) is 10.4 Å². The molecule has 2 aromatic rings. The van der Waals surface area contributed by atoms with Crippen molar-refractivity contribution in [1.29, 1.82) is 0 Å². The summed E-state index contributed by atoms with van der Waals surface area (Å²) in [6.45, 7) is 3.45. The highest BCUT2D eigenvalue weighted by Crippen LogP contribution is 2.42. The molecular weight excluding hydrogens is 380 g/mol. The van der Waals surface area contributed by atoms with Crippen LogP contribution in [0.3, 0.4) is 0 Å². The minimum atomic E-state index is -0.538. The van der Waals surface area contributed by atoms with E-state index in [4.69, 9.17) is 0 Å². The first kappa shape index (κ1) is 20.1. The monoisotopic (exact) mass is 410 g/mol. The Labute approximate surface area is 177 Å². The van der Waals surface area contributed by atoms with Gasteiger partial charge < -0.3 is 9.80 Å². The molecule has 1 saturated heterocycles. The zero-order valence-electron chi connectivity index (χ0n) is 17.6. The summed E-state index contributed by atoms with van der Waals surface area (Å²) in [5.74, 6) is 1.05. The highest BCUT2D eigenvalue weighted by atomic mass is 32.1. The van der Waals surface area contributed by atoms with Crippen molar-refractivity contribution >= 4 is 23.2 Å². The summed E-state index contributed by atoms with van der Waals surface area (Å²) < 4.78 is 0. The summed E-state index contributed by atoms with van der Waals surface area (Å²) in [7, 11) is 3.66. The average Bonchev–Trinajstić information content (AvgIpc) is 3.20. The van der Waals surface area contributed by atoms with Crippen LogP contribution in [-0.2, 0) is 16.0 Å². The molecule has 4 rings (SSSR count). The smallest absolute Gasteiger partial charge is 0.230 e. The Kier molecular flexibility index (Phi) is 5.52. The molecule has 1 aromatic carbocycles. The summed E-state index contributed by atoms with van der Waals surface area (Å²) in [4.78, 5) is 31.2. The van der Waals surface area contributed by atoms with E-state index in [1.807, 2.05) is 19.0 Å². The molecule has 2 aliphatic rings. The van der Waals surface area contributed by atoms with E-state index in [1.54, 1.807) is 16.2 Å². The maximum atomic E-state index is 13.3. The molecule has 1 aliphatic heterocycles. The van der Waals surface area contributed by atoms with E-state index in [0.717, 1.165) is 25.8 Å². The summed E-state index contributed by atoms with van der Waals surface area (Å²) in [5, 5.41) is 2.09. The molecule has 0 bridgehead atoms. The van der Waals surface area contributed by atoms with Crippen LogP contribution in [0.1, 0.15) is 31.7 Å². The minimum Gasteiger partial charge on any atom is -0.348 e. The number of likely N-dealkylation sites (tertiary alicyclic amines) is 1. The van der Waals surface area contributed by atoms with Crippen LogP contribution >= 0.6 is 11.3 Å². The van der Waals surface area contributed by atoms with Crippen molar-refractivity contribution < 1.29 is 9.59 Å². The van der Waals surface area contributed by atoms with Crippen LogP contribution in [0.2, 0.25) is 0 Å². The Balaban J connectivity index is 1.61. The number of benzene rings is 1. The van der Waals surface area contributed by atoms with Crippen molar-refractivity contribution in [3.05, 3.63) is 47.3 Å². The molecular formula is C24H30N2O2S. The SMILES string of the molecule is C[C@@H]1C[C@@H]1C(=O)N1CCC[C@](Cc2cccc(-c3cccs3)c2)(C(=O)N(C)C)C1. The summed E-state index contributed by atoms with van der Waals surface area (Å²) in [6.07, 6.45) is 3.38. The predicted octanol–water partition coefficient (Wildman–Crippen LogP) is 4.31. The predicted molar refractivity (Wildman–Crippen MR) is 118 cm³/mol. The Bertz CT molecular complexity index is 892. The van der Waals surface area contributed by atoms with Crippen LogP contribution < -0.4 is 0 Å². The largest absolute Gasteiger partial charge is 0.348 e. The number of piperidine rings is 1. The molecule has 0 unspecified atom stereocenters. The molecule has 2 fully saturated rings. The lowest BCUT2D eigenvalue weighted by Crippen LogP contribution is -2.54. The van der Waals surface area contributed by atoms with Gasteiger partial charge in [0.1, 0.15) is 0 Å². The average molecular weight is 411 g/mol. The first-order valence-electron chi connectivity index (χ1n) is 10.5. The zero-order valence-corrected chi connectivity index (χ0v) is 18.4. The summed E-state index contributed by atoms with van der Waals surface area (Å²) in [5.41, 5.74) is 1.82. The first-order valence-corrected chi connectivity index (χ1v) is 11.4. The summed E-state index contributed by atoms with van der Waals surface area (Å²) in [6, 6.07) is 12.7. The lowest BCUT2D eigenvalue weighted by molar-refractivity contribution is -0.147. The molecule has 0 radical (unpaired) electrons. The van der Waals surface area contributed by atoms with Crippen LogP contribution in [-0.4, -0.2) is 48.8 Å². The van der Waals surface area contributed by atoms with Crippen LogP contribution in [0, 0.1) is 17.3 Å². The van der Waals surface area contributed by atoms with Crippen molar-refractivity contribution in [2.24, 2.45) is 17.3 Å². The maximum Gasteiger partial charge on any atom is 0.230 e. The molecule has 154 valence electrons. The third-order valence-corrected chi connectivity index (χ3v) is 7.37. The van der Waals surface area contributed by atoms with Crippen molar-refractivity contribution in [2.75, 3.05) is 27.2 Å². The van der Waals surface area contributed by atoms with E-state index >= 15 is 0 Å². The highest BCUT2D eigenvalue weighted by Gasteiger charge is 2.48. The van der Waals surface area contributed by atoms with E-state index in [2.05, 4.69) is 48.7 Å². The third kappa shape index (κ3) is 4.11. The topological polar surface area (TPSA) is 40.6 Å². The van der Waals surface area contributed by atoms with Gasteiger partial charge in [0, 0.05) is 38.0 Å². The lowest BCUT2D eigenvalue weighted by atomic mass is 9.73. The number of nitrogens with zero attached hydrogens (tertiary/aromatic N) is 2. The molecule has 1 aromatic heterocycles. The van der Waals surface area contributed by atoms with Crippen LogP contribution in [0.5, 0.6) is 0 Å². The van der Waals surface area contributed by atoms with Gasteiger partial charge in [-0.2, -0.15) is 0 Å². The number of rotatable bonds is 5. The molecule has 1 aliphatic carbocycles. The number of carbonyl (C=O) groups is 2. The van der Waals surface area contributed by atoms with Crippen molar-refractivity contribution in [3.63, 3.8) is 0 Å². The van der Waals surface area contributed by atoms with Gasteiger partial charge in [0.2, 0.25) is 11.8 Å². The summed E-state index contributed by atoms with van der Waals surface area (Å²) >= 11 is 1.73. The minimum absolute atomic E-state index is 0.139. The second-order valence-electron chi connectivity index (χ2n) is 9.02. The van der Waals surface area contributed by atoms with Gasteiger partial charge in [0.25, 0.3) is 0 Å². The second-order valence-corrected chi connectivity index (χ2v) is 9.96. The van der Waals surface area contributed by atoms with Crippen LogP contribution in [0.4, 0.5) is 0 Å². The fraction of sp³-hybridized carbons (Fsp3) is 0.500. The van der Waals surface area contributed by atoms with Crippen molar-refractivity contribution in [1.82, 2.24) is 9.80 Å². The second kappa shape index (κ2) is 7.94. The van der Waals surface area contributed by atoms with Crippen molar-refractivity contribution in [2.45, 2.75) is 32.6 Å². The Morgan fingerprint density at radius 2 is 2.03 bits per heavy atom. The van der Waals surface area contributed by atoms with E-state index in [9.17, 15) is 9.59 Å². The third-order valence-electron chi connectivity index (χ3n) is 6.45. The number of hydrogen-bond donors (Lipinski definition) is 0. The Hall–Kier alpha value is -2.14. The fourth-order valence-corrected chi connectivity index (χ4v) is 5.48. The van der Waals surface area contributed by atoms with Gasteiger partial charge in [-0.1, -0.05) is 37.3 Å². The number of carbonyl (C=O) groups excluding carboxylic acids is 2. The quantitative estimate of drug-likeness (QED) is 0.737. The van der Waals surface area contributed by atoms with E-state index in [-0.39, 0.29) is 17.7 Å². The first-order chi connectivity index (χ1) is 13.9. The van der Waals surface area contributed by atoms with Gasteiger partial charge in [0.05, 0.1) is 5.41 Å². The number of hydrogen-bond acceptors (Lipinski definition) is 3. The van der Waals surface area contributed by atoms with Gasteiger partial charge in [0.15, 0.2) is 0 Å². The Morgan fingerprint density at radius 3 is 2.69 bits per heavy atom. The van der Waals surface area contributed by atoms with Gasteiger partial charge >= 0.3 is 0 Å². The molecule has 4 nitrogen and oxygen atoms in total. The lowest BCUT2D eigenvalue weighted by Gasteiger charge is -2.43. The molecule has 0 spiro atoms. The van der Waals surface area contributed by atoms with Gasteiger partial charge in [-0.3, -0.25) is 9.59 Å². The standard InChI is InChI=1S/C24H30N2O2S/c1-17-13-20(17)22(27)26-11-6-10-24(16-26,23(28)25(2)3)15-18-7-4-8-19(14-18)21-9-5-12-29-21/h4-5,7-9,12,14,17,20H,6,10-11,13,15-16H2,1-3H3/t17-,20+,24-/m1/s1. The number of amides is 2. The van der Waals surface area contributed by atoms with E-state index in [0.29, 0.717) is 18.9 Å². The zero-order chi connectivity index (χ0) is 20.6. The number of thiophene rings is 1. The Morgan fingerprint density at radius 1 is 1.24 bits per heavy atom. The molecule has 2 heterocycles. The van der Waals surface area contributed by atoms with Crippen LogP contribution in [0.25, 0.3) is 10.4 Å². The molecule has 1 saturated carbocycles. The molecule has 29 heavy (non-hydrogen) atoms. The molecule has 0 N–H and O–H groups in total. The molecule has 5 heteroatoms. The van der Waals surface area contributed by atoms with Crippen LogP contribution in [0.15, 0.2) is 41.8 Å². The van der Waals surface area contributed by atoms with E-state index < -0.39 is 5.41 Å². The molecule has 3 atom stereocenters. The van der Waals surface area contributed by atoms with Gasteiger partial charge in [-0.05, 0) is 54.2 Å². The highest BCUT2D eigenvalue weighted by molar-refractivity contribution is 7.13. The normalized spacial score (nSPS) is 26.2. The maximum absolute atomic E-state index is 13.3. The van der Waals surface area contributed by atoms with E-state index in [1.165, 1.54) is 16.0 Å². The molecule has 2 amide bonds. The van der Waals surface area contributed by atoms with Gasteiger partial charge in [-0.25, -0.2) is 0 Å².